The predicted molar refractivity (Wildman–Crippen MR) is 69.0 cm³/mol. The molecule has 0 spiro atoms. The van der Waals surface area contributed by atoms with Crippen molar-refractivity contribution in [3.8, 4) is 5.75 Å². The van der Waals surface area contributed by atoms with Crippen LogP contribution in [0.2, 0.25) is 0 Å². The van der Waals surface area contributed by atoms with Crippen molar-refractivity contribution in [3.63, 3.8) is 0 Å². The smallest absolute Gasteiger partial charge is 0.323 e. The third-order valence-corrected chi connectivity index (χ3v) is 2.56. The second kappa shape index (κ2) is 5.84. The molecular weight excluding hydrogens is 232 g/mol. The molecule has 1 aromatic rings. The second-order valence-electron chi connectivity index (χ2n) is 4.86. The summed E-state index contributed by atoms with van der Waals surface area (Å²) in [5, 5.41) is 9.15. The van der Waals surface area contributed by atoms with Crippen LogP contribution in [-0.4, -0.2) is 29.3 Å². The van der Waals surface area contributed by atoms with Crippen LogP contribution in [0.1, 0.15) is 19.4 Å². The number of ether oxygens (including phenoxy) is 1. The fourth-order valence-corrected chi connectivity index (χ4v) is 1.36. The summed E-state index contributed by atoms with van der Waals surface area (Å²) in [7, 11) is 0. The largest absolute Gasteiger partial charge is 0.508 e. The first kappa shape index (κ1) is 14.5. The molecule has 5 N–H and O–H groups in total. The van der Waals surface area contributed by atoms with Gasteiger partial charge < -0.3 is 21.3 Å². The van der Waals surface area contributed by atoms with Gasteiger partial charge in [0.1, 0.15) is 17.4 Å². The van der Waals surface area contributed by atoms with Gasteiger partial charge in [-0.25, -0.2) is 0 Å². The topological polar surface area (TPSA) is 98.6 Å². The van der Waals surface area contributed by atoms with E-state index in [1.807, 2.05) is 0 Å². The van der Waals surface area contributed by atoms with Crippen molar-refractivity contribution in [3.05, 3.63) is 29.8 Å². The van der Waals surface area contributed by atoms with E-state index in [0.29, 0.717) is 6.42 Å². The van der Waals surface area contributed by atoms with E-state index in [1.54, 1.807) is 38.1 Å². The van der Waals surface area contributed by atoms with Crippen molar-refractivity contribution in [2.75, 3.05) is 6.54 Å². The SMILES string of the molecule is CC(C)(CN)OC(=O)[C@@H](N)Cc1ccc(O)cc1. The highest BCUT2D eigenvalue weighted by Crippen LogP contribution is 2.13. The highest BCUT2D eigenvalue weighted by atomic mass is 16.6. The molecule has 100 valence electrons. The zero-order valence-corrected chi connectivity index (χ0v) is 10.7. The highest BCUT2D eigenvalue weighted by molar-refractivity contribution is 5.76. The summed E-state index contributed by atoms with van der Waals surface area (Å²) in [6.07, 6.45) is 0.361. The van der Waals surface area contributed by atoms with Gasteiger partial charge in [-0.1, -0.05) is 12.1 Å². The maximum Gasteiger partial charge on any atom is 0.323 e. The van der Waals surface area contributed by atoms with Crippen molar-refractivity contribution < 1.29 is 14.6 Å². The van der Waals surface area contributed by atoms with E-state index in [-0.39, 0.29) is 12.3 Å². The molecule has 5 heteroatoms. The van der Waals surface area contributed by atoms with Crippen molar-refractivity contribution in [2.24, 2.45) is 11.5 Å². The number of rotatable bonds is 5. The average Bonchev–Trinajstić information content (AvgIpc) is 2.31. The lowest BCUT2D eigenvalue weighted by molar-refractivity contribution is -0.157. The predicted octanol–water partition coefficient (Wildman–Crippen LogP) is 0.543. The molecule has 0 aliphatic heterocycles. The van der Waals surface area contributed by atoms with Crippen LogP contribution in [0, 0.1) is 0 Å². The minimum absolute atomic E-state index is 0.180. The van der Waals surface area contributed by atoms with Crippen LogP contribution in [0.3, 0.4) is 0 Å². The number of hydrogen-bond acceptors (Lipinski definition) is 5. The Bertz CT molecular complexity index is 401. The summed E-state index contributed by atoms with van der Waals surface area (Å²) in [5.41, 5.74) is 11.4. The Balaban J connectivity index is 2.57. The van der Waals surface area contributed by atoms with Crippen molar-refractivity contribution >= 4 is 5.97 Å². The lowest BCUT2D eigenvalue weighted by Crippen LogP contribution is -2.43. The molecule has 0 fully saturated rings. The molecule has 0 heterocycles. The van der Waals surface area contributed by atoms with E-state index >= 15 is 0 Å². The van der Waals surface area contributed by atoms with Crippen LogP contribution in [0.4, 0.5) is 0 Å². The molecule has 18 heavy (non-hydrogen) atoms. The van der Waals surface area contributed by atoms with E-state index in [2.05, 4.69) is 0 Å². The quantitative estimate of drug-likeness (QED) is 0.664. The van der Waals surface area contributed by atoms with Crippen LogP contribution < -0.4 is 11.5 Å². The number of phenolic OH excluding ortho intramolecular Hbond substituents is 1. The van der Waals surface area contributed by atoms with Gasteiger partial charge in [0.05, 0.1) is 0 Å². The molecule has 1 rings (SSSR count). The van der Waals surface area contributed by atoms with E-state index in [0.717, 1.165) is 5.56 Å². The van der Waals surface area contributed by atoms with Gasteiger partial charge in [-0.05, 0) is 38.0 Å². The number of esters is 1. The van der Waals surface area contributed by atoms with E-state index in [4.69, 9.17) is 21.3 Å². The van der Waals surface area contributed by atoms with Crippen LogP contribution in [0.5, 0.6) is 5.75 Å². The fourth-order valence-electron chi connectivity index (χ4n) is 1.36. The van der Waals surface area contributed by atoms with E-state index in [9.17, 15) is 4.79 Å². The van der Waals surface area contributed by atoms with Crippen LogP contribution in [0.15, 0.2) is 24.3 Å². The Morgan fingerprint density at radius 1 is 1.39 bits per heavy atom. The third kappa shape index (κ3) is 4.35. The Morgan fingerprint density at radius 3 is 2.44 bits per heavy atom. The summed E-state index contributed by atoms with van der Waals surface area (Å²) in [5.74, 6) is -0.294. The average molecular weight is 252 g/mol. The normalized spacial score (nSPS) is 13.1. The van der Waals surface area contributed by atoms with Gasteiger partial charge in [0, 0.05) is 6.54 Å². The molecule has 0 bridgehead atoms. The molecule has 0 aliphatic rings. The summed E-state index contributed by atoms with van der Waals surface area (Å²) in [6, 6.07) is 5.81. The van der Waals surface area contributed by atoms with Gasteiger partial charge in [-0.2, -0.15) is 0 Å². The molecule has 5 nitrogen and oxygen atoms in total. The minimum Gasteiger partial charge on any atom is -0.508 e. The lowest BCUT2D eigenvalue weighted by atomic mass is 10.1. The molecule has 0 amide bonds. The monoisotopic (exact) mass is 252 g/mol. The Morgan fingerprint density at radius 2 is 1.94 bits per heavy atom. The number of nitrogens with two attached hydrogens (primary N) is 2. The van der Waals surface area contributed by atoms with Crippen LogP contribution in [-0.2, 0) is 16.0 Å². The maximum absolute atomic E-state index is 11.7. The number of phenols is 1. The highest BCUT2D eigenvalue weighted by Gasteiger charge is 2.25. The first-order valence-electron chi connectivity index (χ1n) is 5.80. The summed E-state index contributed by atoms with van der Waals surface area (Å²) < 4.78 is 5.21. The number of aromatic hydroxyl groups is 1. The van der Waals surface area contributed by atoms with Gasteiger partial charge in [0.25, 0.3) is 0 Å². The zero-order chi connectivity index (χ0) is 13.8. The lowest BCUT2D eigenvalue weighted by Gasteiger charge is -2.25. The summed E-state index contributed by atoms with van der Waals surface area (Å²) >= 11 is 0. The molecule has 1 atom stereocenters. The number of carbonyl (C=O) groups is 1. The molecular formula is C13H20N2O3. The standard InChI is InChI=1S/C13H20N2O3/c1-13(2,8-14)18-12(17)11(15)7-9-3-5-10(16)6-4-9/h3-6,11,16H,7-8,14-15H2,1-2H3/t11-/m0/s1. The second-order valence-corrected chi connectivity index (χ2v) is 4.86. The Kier molecular flexibility index (Phi) is 4.69. The van der Waals surface area contributed by atoms with Crippen molar-refractivity contribution in [1.29, 1.82) is 0 Å². The zero-order valence-electron chi connectivity index (χ0n) is 10.7. The van der Waals surface area contributed by atoms with Gasteiger partial charge >= 0.3 is 5.97 Å². The molecule has 0 aromatic heterocycles. The van der Waals surface area contributed by atoms with Crippen LogP contribution in [0.25, 0.3) is 0 Å². The van der Waals surface area contributed by atoms with Gasteiger partial charge in [-0.3, -0.25) is 4.79 Å². The molecule has 0 unspecified atom stereocenters. The third-order valence-electron chi connectivity index (χ3n) is 2.56. The van der Waals surface area contributed by atoms with E-state index < -0.39 is 17.6 Å². The molecule has 0 saturated carbocycles. The van der Waals surface area contributed by atoms with Gasteiger partial charge in [-0.15, -0.1) is 0 Å². The van der Waals surface area contributed by atoms with Gasteiger partial charge in [0.2, 0.25) is 0 Å². The number of benzene rings is 1. The molecule has 0 radical (unpaired) electrons. The molecule has 1 aromatic carbocycles. The number of hydrogen-bond donors (Lipinski definition) is 3. The fraction of sp³-hybridized carbons (Fsp3) is 0.462. The van der Waals surface area contributed by atoms with Crippen molar-refractivity contribution in [1.82, 2.24) is 0 Å². The molecule has 0 aliphatic carbocycles. The first-order valence-corrected chi connectivity index (χ1v) is 5.80. The first-order chi connectivity index (χ1) is 8.34. The Hall–Kier alpha value is -1.59. The summed E-state index contributed by atoms with van der Waals surface area (Å²) in [6.45, 7) is 3.71. The summed E-state index contributed by atoms with van der Waals surface area (Å²) in [4.78, 5) is 11.7. The van der Waals surface area contributed by atoms with Crippen molar-refractivity contribution in [2.45, 2.75) is 31.9 Å². The number of carbonyl (C=O) groups excluding carboxylic acids is 1. The van der Waals surface area contributed by atoms with Crippen LogP contribution >= 0.6 is 0 Å². The molecule has 0 saturated heterocycles. The minimum atomic E-state index is -0.736. The maximum atomic E-state index is 11.7. The van der Waals surface area contributed by atoms with E-state index in [1.165, 1.54) is 0 Å². The van der Waals surface area contributed by atoms with Gasteiger partial charge in [0.15, 0.2) is 0 Å². The Labute approximate surface area is 107 Å².